The lowest BCUT2D eigenvalue weighted by Gasteiger charge is -2.06. The van der Waals surface area contributed by atoms with Crippen LogP contribution in [0.15, 0.2) is 77.4 Å². The number of hydrogen-bond acceptors (Lipinski definition) is 6. The fraction of sp³-hybridized carbons (Fsp3) is 0.174. The van der Waals surface area contributed by atoms with Crippen LogP contribution in [0.1, 0.15) is 22.5 Å². The molecule has 0 atom stereocenters. The molecule has 0 aliphatic rings. The molecule has 0 aliphatic heterocycles. The molecule has 0 unspecified atom stereocenters. The van der Waals surface area contributed by atoms with Gasteiger partial charge >= 0.3 is 0 Å². The fourth-order valence-electron chi connectivity index (χ4n) is 3.04. The summed E-state index contributed by atoms with van der Waals surface area (Å²) in [5, 5.41) is 7.63. The van der Waals surface area contributed by atoms with Crippen molar-refractivity contribution >= 4 is 11.9 Å². The van der Waals surface area contributed by atoms with E-state index in [0.29, 0.717) is 31.2 Å². The summed E-state index contributed by atoms with van der Waals surface area (Å²) < 4.78 is 11.9. The van der Waals surface area contributed by atoms with Crippen LogP contribution in [0.5, 0.6) is 5.75 Å². The maximum Gasteiger partial charge on any atom is 0.250 e. The van der Waals surface area contributed by atoms with Gasteiger partial charge in [0.05, 0.1) is 19.9 Å². The van der Waals surface area contributed by atoms with Crippen molar-refractivity contribution < 1.29 is 13.9 Å². The van der Waals surface area contributed by atoms with Crippen LogP contribution in [-0.2, 0) is 13.0 Å². The molecular formula is C23H22N4O3. The first-order chi connectivity index (χ1) is 14.7. The molecule has 0 radical (unpaired) electrons. The van der Waals surface area contributed by atoms with Crippen LogP contribution in [0.2, 0.25) is 0 Å². The summed E-state index contributed by atoms with van der Waals surface area (Å²) in [6.45, 7) is 0.402. The SMILES string of the molecule is COc1ccc(-c2nc(NCc3ccco3)n(C(=O)CCc3ccccc3)n2)cc1. The van der Waals surface area contributed by atoms with Gasteiger partial charge in [-0.15, -0.1) is 5.10 Å². The third-order valence-corrected chi connectivity index (χ3v) is 4.66. The Hall–Kier alpha value is -3.87. The van der Waals surface area contributed by atoms with E-state index >= 15 is 0 Å². The van der Waals surface area contributed by atoms with Crippen molar-refractivity contribution in [3.05, 3.63) is 84.3 Å². The van der Waals surface area contributed by atoms with Crippen LogP contribution in [0.25, 0.3) is 11.4 Å². The molecule has 4 aromatic rings. The zero-order valence-corrected chi connectivity index (χ0v) is 16.6. The number of aromatic nitrogens is 3. The molecule has 0 bridgehead atoms. The Kier molecular flexibility index (Phi) is 5.89. The molecular weight excluding hydrogens is 380 g/mol. The van der Waals surface area contributed by atoms with Crippen molar-refractivity contribution in [3.63, 3.8) is 0 Å². The zero-order chi connectivity index (χ0) is 20.8. The molecule has 4 rings (SSSR count). The van der Waals surface area contributed by atoms with Gasteiger partial charge in [-0.2, -0.15) is 9.67 Å². The summed E-state index contributed by atoms with van der Waals surface area (Å²) in [7, 11) is 1.62. The van der Waals surface area contributed by atoms with Crippen LogP contribution in [0.4, 0.5) is 5.95 Å². The molecule has 2 aromatic carbocycles. The summed E-state index contributed by atoms with van der Waals surface area (Å²) in [6, 6.07) is 21.0. The molecule has 0 amide bonds. The Morgan fingerprint density at radius 2 is 1.87 bits per heavy atom. The molecule has 0 spiro atoms. The number of hydrogen-bond donors (Lipinski definition) is 1. The number of furan rings is 1. The van der Waals surface area contributed by atoms with E-state index in [0.717, 1.165) is 22.6 Å². The minimum absolute atomic E-state index is 0.131. The Bertz CT molecular complexity index is 1090. The predicted molar refractivity (Wildman–Crippen MR) is 113 cm³/mol. The van der Waals surface area contributed by atoms with E-state index in [-0.39, 0.29) is 5.91 Å². The highest BCUT2D eigenvalue weighted by atomic mass is 16.5. The van der Waals surface area contributed by atoms with Crippen molar-refractivity contribution in [2.75, 3.05) is 12.4 Å². The van der Waals surface area contributed by atoms with Gasteiger partial charge < -0.3 is 14.5 Å². The first-order valence-corrected chi connectivity index (χ1v) is 9.68. The minimum atomic E-state index is -0.131. The molecule has 7 nitrogen and oxygen atoms in total. The second-order valence-electron chi connectivity index (χ2n) is 6.71. The van der Waals surface area contributed by atoms with Crippen molar-refractivity contribution in [1.82, 2.24) is 14.8 Å². The molecule has 0 aliphatic carbocycles. The largest absolute Gasteiger partial charge is 0.497 e. The van der Waals surface area contributed by atoms with Crippen molar-refractivity contribution in [1.29, 1.82) is 0 Å². The van der Waals surface area contributed by atoms with Crippen LogP contribution in [0.3, 0.4) is 0 Å². The highest BCUT2D eigenvalue weighted by molar-refractivity contribution is 5.81. The summed E-state index contributed by atoms with van der Waals surface area (Å²) >= 11 is 0. The van der Waals surface area contributed by atoms with Gasteiger partial charge in [0.25, 0.3) is 0 Å². The molecule has 7 heteroatoms. The molecule has 30 heavy (non-hydrogen) atoms. The van der Waals surface area contributed by atoms with E-state index in [4.69, 9.17) is 9.15 Å². The number of methoxy groups -OCH3 is 1. The number of anilines is 1. The standard InChI is InChI=1S/C23H22N4O3/c1-29-19-12-10-18(11-13-19)22-25-23(24-16-20-8-5-15-30-20)27(26-22)21(28)14-9-17-6-3-2-4-7-17/h2-8,10-13,15H,9,14,16H2,1H3,(H,24,25,26). The molecule has 0 saturated heterocycles. The molecule has 0 saturated carbocycles. The van der Waals surface area contributed by atoms with Gasteiger partial charge in [-0.1, -0.05) is 30.3 Å². The van der Waals surface area contributed by atoms with E-state index in [1.165, 1.54) is 4.68 Å². The number of aryl methyl sites for hydroxylation is 1. The topological polar surface area (TPSA) is 82.2 Å². The number of nitrogens with one attached hydrogen (secondary N) is 1. The Morgan fingerprint density at radius 3 is 2.57 bits per heavy atom. The number of ether oxygens (including phenoxy) is 1. The highest BCUT2D eigenvalue weighted by Gasteiger charge is 2.17. The number of carbonyl (C=O) groups is 1. The van der Waals surface area contributed by atoms with Gasteiger partial charge in [0.1, 0.15) is 11.5 Å². The van der Waals surface area contributed by atoms with Crippen LogP contribution in [-0.4, -0.2) is 27.8 Å². The fourth-order valence-corrected chi connectivity index (χ4v) is 3.04. The number of carbonyl (C=O) groups excluding carboxylic acids is 1. The maximum atomic E-state index is 12.9. The third-order valence-electron chi connectivity index (χ3n) is 4.66. The number of rotatable bonds is 8. The van der Waals surface area contributed by atoms with E-state index in [1.807, 2.05) is 66.7 Å². The molecule has 2 heterocycles. The molecule has 1 N–H and O–H groups in total. The van der Waals surface area contributed by atoms with Crippen molar-refractivity contribution in [2.24, 2.45) is 0 Å². The normalized spacial score (nSPS) is 10.7. The van der Waals surface area contributed by atoms with Crippen LogP contribution >= 0.6 is 0 Å². The monoisotopic (exact) mass is 402 g/mol. The Balaban J connectivity index is 1.56. The zero-order valence-electron chi connectivity index (χ0n) is 16.6. The van der Waals surface area contributed by atoms with Gasteiger partial charge in [0.2, 0.25) is 11.9 Å². The molecule has 2 aromatic heterocycles. The first-order valence-electron chi connectivity index (χ1n) is 9.68. The van der Waals surface area contributed by atoms with E-state index < -0.39 is 0 Å². The van der Waals surface area contributed by atoms with Crippen LogP contribution < -0.4 is 10.1 Å². The van der Waals surface area contributed by atoms with Gasteiger partial charge in [0, 0.05) is 12.0 Å². The van der Waals surface area contributed by atoms with Gasteiger partial charge in [-0.05, 0) is 48.4 Å². The smallest absolute Gasteiger partial charge is 0.250 e. The minimum Gasteiger partial charge on any atom is -0.497 e. The lowest BCUT2D eigenvalue weighted by Crippen LogP contribution is -2.17. The summed E-state index contributed by atoms with van der Waals surface area (Å²) in [6.07, 6.45) is 2.56. The van der Waals surface area contributed by atoms with E-state index in [2.05, 4.69) is 15.4 Å². The van der Waals surface area contributed by atoms with Gasteiger partial charge in [0.15, 0.2) is 5.82 Å². The Morgan fingerprint density at radius 1 is 1.07 bits per heavy atom. The number of benzene rings is 2. The Labute approximate surface area is 174 Å². The quantitative estimate of drug-likeness (QED) is 0.469. The lowest BCUT2D eigenvalue weighted by molar-refractivity contribution is 0.0889. The summed E-state index contributed by atoms with van der Waals surface area (Å²) in [5.41, 5.74) is 1.90. The van der Waals surface area contributed by atoms with Crippen molar-refractivity contribution in [3.8, 4) is 17.1 Å². The molecule has 0 fully saturated rings. The maximum absolute atomic E-state index is 12.9. The van der Waals surface area contributed by atoms with Crippen LogP contribution in [0, 0.1) is 0 Å². The highest BCUT2D eigenvalue weighted by Crippen LogP contribution is 2.22. The number of nitrogens with zero attached hydrogens (tertiary/aromatic N) is 3. The lowest BCUT2D eigenvalue weighted by atomic mass is 10.1. The van der Waals surface area contributed by atoms with E-state index in [9.17, 15) is 4.79 Å². The second kappa shape index (κ2) is 9.09. The first kappa shape index (κ1) is 19.4. The average molecular weight is 402 g/mol. The van der Waals surface area contributed by atoms with Gasteiger partial charge in [-0.3, -0.25) is 4.79 Å². The van der Waals surface area contributed by atoms with E-state index in [1.54, 1.807) is 13.4 Å². The predicted octanol–water partition coefficient (Wildman–Crippen LogP) is 4.43. The van der Waals surface area contributed by atoms with Crippen molar-refractivity contribution in [2.45, 2.75) is 19.4 Å². The summed E-state index contributed by atoms with van der Waals surface area (Å²) in [5.74, 6) is 2.21. The third kappa shape index (κ3) is 4.57. The summed E-state index contributed by atoms with van der Waals surface area (Å²) in [4.78, 5) is 17.5. The van der Waals surface area contributed by atoms with Gasteiger partial charge in [-0.25, -0.2) is 0 Å². The second-order valence-corrected chi connectivity index (χ2v) is 6.71. The average Bonchev–Trinajstić information content (AvgIpc) is 3.47. The molecule has 152 valence electrons.